The molecule has 3 rings (SSSR count). The monoisotopic (exact) mass is 380 g/mol. The summed E-state index contributed by atoms with van der Waals surface area (Å²) in [4.78, 5) is 29.6. The highest BCUT2D eigenvalue weighted by Crippen LogP contribution is 2.44. The molecule has 0 bridgehead atoms. The fraction of sp³-hybridized carbons (Fsp3) is 0.905. The van der Waals surface area contributed by atoms with Crippen molar-refractivity contribution in [2.45, 2.75) is 83.4 Å². The van der Waals surface area contributed by atoms with Gasteiger partial charge in [0, 0.05) is 38.2 Å². The second kappa shape index (κ2) is 8.12. The van der Waals surface area contributed by atoms with Crippen LogP contribution in [-0.2, 0) is 9.59 Å². The summed E-state index contributed by atoms with van der Waals surface area (Å²) < 4.78 is 0. The molecule has 26 heavy (non-hydrogen) atoms. The molecule has 0 atom stereocenters. The van der Waals surface area contributed by atoms with Gasteiger partial charge in [0.1, 0.15) is 0 Å². The summed E-state index contributed by atoms with van der Waals surface area (Å²) in [5.74, 6) is 2.46. The van der Waals surface area contributed by atoms with Gasteiger partial charge in [0.25, 0.3) is 0 Å². The van der Waals surface area contributed by atoms with Gasteiger partial charge in [-0.15, -0.1) is 11.8 Å². The summed E-state index contributed by atoms with van der Waals surface area (Å²) >= 11 is 1.95. The Bertz CT molecular complexity index is 515. The van der Waals surface area contributed by atoms with Crippen molar-refractivity contribution in [3.8, 4) is 0 Å². The van der Waals surface area contributed by atoms with Crippen LogP contribution in [0.2, 0.25) is 0 Å². The molecule has 0 N–H and O–H groups in total. The molecule has 0 aromatic rings. The van der Waals surface area contributed by atoms with Gasteiger partial charge in [-0.2, -0.15) is 0 Å². The van der Waals surface area contributed by atoms with Crippen LogP contribution in [0.1, 0.15) is 78.6 Å². The average Bonchev–Trinajstić information content (AvgIpc) is 3.22. The van der Waals surface area contributed by atoms with Crippen LogP contribution < -0.4 is 0 Å². The Balaban J connectivity index is 1.52. The summed E-state index contributed by atoms with van der Waals surface area (Å²) in [7, 11) is 0. The maximum absolute atomic E-state index is 12.9. The first-order chi connectivity index (χ1) is 12.3. The normalized spacial score (nSPS) is 23.8. The van der Waals surface area contributed by atoms with E-state index in [1.54, 1.807) is 0 Å². The minimum atomic E-state index is -0.0364. The maximum Gasteiger partial charge on any atom is 0.223 e. The lowest BCUT2D eigenvalue weighted by Gasteiger charge is -2.44. The van der Waals surface area contributed by atoms with Gasteiger partial charge in [-0.05, 0) is 30.6 Å². The number of piperidine rings is 1. The van der Waals surface area contributed by atoms with E-state index < -0.39 is 0 Å². The summed E-state index contributed by atoms with van der Waals surface area (Å²) in [5, 5.41) is 0. The molecule has 0 unspecified atom stereocenters. The van der Waals surface area contributed by atoms with Crippen molar-refractivity contribution in [2.75, 3.05) is 25.4 Å². The first kappa shape index (κ1) is 20.0. The van der Waals surface area contributed by atoms with Crippen molar-refractivity contribution in [3.63, 3.8) is 0 Å². The Kier molecular flexibility index (Phi) is 6.25. The van der Waals surface area contributed by atoms with Gasteiger partial charge in [0.15, 0.2) is 0 Å². The lowest BCUT2D eigenvalue weighted by atomic mass is 9.91. The predicted octanol–water partition coefficient (Wildman–Crippen LogP) is 4.29. The third-order valence-electron chi connectivity index (χ3n) is 6.30. The molecule has 0 aromatic carbocycles. The third-order valence-corrected chi connectivity index (χ3v) is 7.85. The molecule has 0 radical (unpaired) electrons. The molecule has 1 saturated carbocycles. The van der Waals surface area contributed by atoms with E-state index in [2.05, 4.69) is 25.7 Å². The number of carbonyl (C=O) groups is 2. The molecule has 0 aromatic heterocycles. The number of nitrogens with zero attached hydrogens (tertiary/aromatic N) is 2. The lowest BCUT2D eigenvalue weighted by Crippen LogP contribution is -2.53. The number of carbonyl (C=O) groups excluding carboxylic acids is 2. The van der Waals surface area contributed by atoms with Crippen LogP contribution in [0.4, 0.5) is 0 Å². The van der Waals surface area contributed by atoms with Crippen molar-refractivity contribution in [1.29, 1.82) is 0 Å². The van der Waals surface area contributed by atoms with Crippen LogP contribution in [0, 0.1) is 11.3 Å². The highest BCUT2D eigenvalue weighted by Gasteiger charge is 2.46. The maximum atomic E-state index is 12.9. The smallest absolute Gasteiger partial charge is 0.223 e. The summed E-state index contributed by atoms with van der Waals surface area (Å²) in [6.45, 7) is 8.85. The molecule has 3 aliphatic rings. The summed E-state index contributed by atoms with van der Waals surface area (Å²) in [6.07, 6.45) is 9.60. The van der Waals surface area contributed by atoms with Gasteiger partial charge in [-0.25, -0.2) is 0 Å². The van der Waals surface area contributed by atoms with Crippen LogP contribution >= 0.6 is 11.8 Å². The van der Waals surface area contributed by atoms with E-state index in [9.17, 15) is 9.59 Å². The zero-order valence-electron chi connectivity index (χ0n) is 16.9. The molecule has 2 heterocycles. The number of hydrogen-bond acceptors (Lipinski definition) is 3. The Morgan fingerprint density at radius 2 is 1.69 bits per heavy atom. The molecule has 4 nitrogen and oxygen atoms in total. The molecular formula is C21H36N2O2S. The van der Waals surface area contributed by atoms with E-state index in [1.807, 2.05) is 16.7 Å². The van der Waals surface area contributed by atoms with Crippen LogP contribution in [0.5, 0.6) is 0 Å². The van der Waals surface area contributed by atoms with Crippen molar-refractivity contribution in [3.05, 3.63) is 0 Å². The zero-order chi connectivity index (χ0) is 18.8. The van der Waals surface area contributed by atoms with Gasteiger partial charge in [-0.1, -0.05) is 46.5 Å². The molecule has 2 aliphatic heterocycles. The van der Waals surface area contributed by atoms with Gasteiger partial charge < -0.3 is 9.80 Å². The quantitative estimate of drug-likeness (QED) is 0.730. The molecular weight excluding hydrogens is 344 g/mol. The number of hydrogen-bond donors (Lipinski definition) is 0. The average molecular weight is 381 g/mol. The molecule has 2 amide bonds. The Labute approximate surface area is 163 Å². The molecule has 3 fully saturated rings. The fourth-order valence-corrected chi connectivity index (χ4v) is 6.28. The molecule has 2 saturated heterocycles. The largest absolute Gasteiger partial charge is 0.342 e. The Morgan fingerprint density at radius 1 is 1.04 bits per heavy atom. The predicted molar refractivity (Wildman–Crippen MR) is 108 cm³/mol. The Hall–Kier alpha value is -0.710. The van der Waals surface area contributed by atoms with E-state index >= 15 is 0 Å². The zero-order valence-corrected chi connectivity index (χ0v) is 17.7. The Morgan fingerprint density at radius 3 is 2.31 bits per heavy atom. The minimum absolute atomic E-state index is 0.0364. The van der Waals surface area contributed by atoms with E-state index in [0.29, 0.717) is 12.3 Å². The number of amides is 2. The first-order valence-electron chi connectivity index (χ1n) is 10.5. The molecule has 1 spiro atoms. The fourth-order valence-electron chi connectivity index (χ4n) is 4.81. The van der Waals surface area contributed by atoms with E-state index in [-0.39, 0.29) is 16.2 Å². The van der Waals surface area contributed by atoms with E-state index in [0.717, 1.165) is 57.0 Å². The van der Waals surface area contributed by atoms with Crippen molar-refractivity contribution in [1.82, 2.24) is 9.80 Å². The van der Waals surface area contributed by atoms with Gasteiger partial charge in [-0.3, -0.25) is 9.59 Å². The molecule has 1 aliphatic carbocycles. The van der Waals surface area contributed by atoms with Crippen molar-refractivity contribution < 1.29 is 9.59 Å². The van der Waals surface area contributed by atoms with Gasteiger partial charge >= 0.3 is 0 Å². The number of thioether (sulfide) groups is 1. The highest BCUT2D eigenvalue weighted by atomic mass is 32.2. The number of likely N-dealkylation sites (tertiary alicyclic amines) is 1. The van der Waals surface area contributed by atoms with Crippen LogP contribution in [0.15, 0.2) is 0 Å². The first-order valence-corrected chi connectivity index (χ1v) is 11.5. The molecule has 148 valence electrons. The second-order valence-electron chi connectivity index (χ2n) is 9.65. The van der Waals surface area contributed by atoms with Gasteiger partial charge in [0.2, 0.25) is 11.8 Å². The number of rotatable bonds is 4. The van der Waals surface area contributed by atoms with Crippen LogP contribution in [0.25, 0.3) is 0 Å². The van der Waals surface area contributed by atoms with E-state index in [4.69, 9.17) is 0 Å². The van der Waals surface area contributed by atoms with E-state index in [1.165, 1.54) is 25.7 Å². The second-order valence-corrected chi connectivity index (χ2v) is 11.1. The van der Waals surface area contributed by atoms with Gasteiger partial charge in [0.05, 0.1) is 4.87 Å². The van der Waals surface area contributed by atoms with Crippen molar-refractivity contribution >= 4 is 23.6 Å². The van der Waals surface area contributed by atoms with Crippen molar-refractivity contribution in [2.24, 2.45) is 11.3 Å². The molecule has 5 heteroatoms. The van der Waals surface area contributed by atoms with Crippen LogP contribution in [0.3, 0.4) is 0 Å². The standard InChI is InChI=1S/C21H36N2O2S/c1-20(2,3)16-19(25)22-12-10-21(11-13-22)23(14-15-26-21)18(24)9-8-17-6-4-5-7-17/h17H,4-16H2,1-3H3. The highest BCUT2D eigenvalue weighted by molar-refractivity contribution is 8.00. The summed E-state index contributed by atoms with van der Waals surface area (Å²) in [5.41, 5.74) is 0.0383. The SMILES string of the molecule is CC(C)(C)CC(=O)N1CCC2(CC1)SCCN2C(=O)CCC1CCCC1. The lowest BCUT2D eigenvalue weighted by molar-refractivity contribution is -0.138. The summed E-state index contributed by atoms with van der Waals surface area (Å²) in [6, 6.07) is 0. The topological polar surface area (TPSA) is 40.6 Å². The minimum Gasteiger partial charge on any atom is -0.342 e. The third kappa shape index (κ3) is 4.76. The van der Waals surface area contributed by atoms with Crippen LogP contribution in [-0.4, -0.2) is 51.9 Å².